The van der Waals surface area contributed by atoms with Gasteiger partial charge in [0.1, 0.15) is 5.57 Å². The lowest BCUT2D eigenvalue weighted by Crippen LogP contribution is -2.54. The molecule has 0 spiro atoms. The zero-order valence-corrected chi connectivity index (χ0v) is 18.5. The quantitative estimate of drug-likeness (QED) is 0.378. The van der Waals surface area contributed by atoms with Crippen molar-refractivity contribution < 1.29 is 9.59 Å². The number of hydrogen-bond donors (Lipinski definition) is 1. The topological polar surface area (TPSA) is 54.3 Å². The molecule has 5 nitrogen and oxygen atoms in total. The first-order chi connectivity index (χ1) is 14.9. The van der Waals surface area contributed by atoms with Gasteiger partial charge in [-0.3, -0.25) is 19.8 Å². The molecule has 1 aliphatic rings. The van der Waals surface area contributed by atoms with E-state index in [4.69, 9.17) is 12.2 Å². The van der Waals surface area contributed by atoms with Crippen LogP contribution >= 0.6 is 12.2 Å². The maximum atomic E-state index is 13.3. The third-order valence-electron chi connectivity index (χ3n) is 5.55. The monoisotopic (exact) mass is 429 g/mol. The molecule has 2 aromatic carbocycles. The van der Waals surface area contributed by atoms with E-state index in [9.17, 15) is 9.59 Å². The van der Waals surface area contributed by atoms with Crippen molar-refractivity contribution in [3.05, 3.63) is 88.8 Å². The number of aryl methyl sites for hydroxylation is 3. The lowest BCUT2D eigenvalue weighted by atomic mass is 10.1. The van der Waals surface area contributed by atoms with Crippen LogP contribution in [0.4, 0.5) is 5.69 Å². The molecule has 0 saturated carbocycles. The second-order valence-electron chi connectivity index (χ2n) is 7.55. The summed E-state index contributed by atoms with van der Waals surface area (Å²) < 4.78 is 1.95. The molecule has 1 fully saturated rings. The highest BCUT2D eigenvalue weighted by atomic mass is 32.1. The van der Waals surface area contributed by atoms with E-state index in [1.165, 1.54) is 16.0 Å². The highest BCUT2D eigenvalue weighted by molar-refractivity contribution is 7.80. The standard InChI is InChI=1S/C25H23N3O2S/c1-4-18-8-11-19(12-9-18)28-24(30)22(23(29)26-25(28)31)15-20-6-5-13-27(20)21-10-7-16(2)17(3)14-21/h5-15H,4H2,1-3H3,(H,26,29,31). The SMILES string of the molecule is CCc1ccc(N2C(=O)C(=Cc3cccn3-c3ccc(C)c(C)c3)C(=O)NC2=S)cc1. The minimum absolute atomic E-state index is 0.0388. The number of nitrogens with zero attached hydrogens (tertiary/aromatic N) is 2. The molecule has 6 heteroatoms. The van der Waals surface area contributed by atoms with Gasteiger partial charge in [0.15, 0.2) is 5.11 Å². The molecule has 0 bridgehead atoms. The summed E-state index contributed by atoms with van der Waals surface area (Å²) in [6.07, 6.45) is 4.42. The number of nitrogens with one attached hydrogen (secondary N) is 1. The van der Waals surface area contributed by atoms with E-state index < -0.39 is 11.8 Å². The van der Waals surface area contributed by atoms with Crippen LogP contribution in [0.5, 0.6) is 0 Å². The van der Waals surface area contributed by atoms with Gasteiger partial charge in [0.25, 0.3) is 11.8 Å². The molecule has 1 saturated heterocycles. The third kappa shape index (κ3) is 3.94. The van der Waals surface area contributed by atoms with Crippen molar-refractivity contribution in [3.8, 4) is 5.69 Å². The van der Waals surface area contributed by atoms with Crippen LogP contribution in [-0.2, 0) is 16.0 Å². The van der Waals surface area contributed by atoms with E-state index in [1.54, 1.807) is 6.08 Å². The number of benzene rings is 2. The summed E-state index contributed by atoms with van der Waals surface area (Å²) in [5.41, 5.74) is 5.89. The second kappa shape index (κ2) is 8.32. The normalized spacial score (nSPS) is 15.5. The Hall–Kier alpha value is -3.51. The van der Waals surface area contributed by atoms with Gasteiger partial charge >= 0.3 is 0 Å². The Bertz CT molecular complexity index is 1220. The van der Waals surface area contributed by atoms with E-state index in [0.29, 0.717) is 5.69 Å². The van der Waals surface area contributed by atoms with Gasteiger partial charge in [-0.2, -0.15) is 0 Å². The van der Waals surface area contributed by atoms with Crippen molar-refractivity contribution in [3.63, 3.8) is 0 Å². The molecular formula is C25H23N3O2S. The zero-order chi connectivity index (χ0) is 22.1. The molecule has 0 aliphatic carbocycles. The molecule has 0 radical (unpaired) electrons. The van der Waals surface area contributed by atoms with E-state index >= 15 is 0 Å². The Kier molecular flexibility index (Phi) is 5.57. The zero-order valence-electron chi connectivity index (χ0n) is 17.7. The minimum Gasteiger partial charge on any atom is -0.317 e. The molecule has 0 atom stereocenters. The third-order valence-corrected chi connectivity index (χ3v) is 5.83. The highest BCUT2D eigenvalue weighted by Gasteiger charge is 2.34. The lowest BCUT2D eigenvalue weighted by molar-refractivity contribution is -0.122. The van der Waals surface area contributed by atoms with Gasteiger partial charge in [-0.05, 0) is 91.7 Å². The fourth-order valence-electron chi connectivity index (χ4n) is 3.54. The molecule has 2 amide bonds. The van der Waals surface area contributed by atoms with Crippen molar-refractivity contribution in [2.45, 2.75) is 27.2 Å². The van der Waals surface area contributed by atoms with Gasteiger partial charge in [0.05, 0.1) is 5.69 Å². The van der Waals surface area contributed by atoms with Crippen molar-refractivity contribution in [2.75, 3.05) is 4.90 Å². The number of carbonyl (C=O) groups is 2. The molecule has 1 aromatic heterocycles. The predicted molar refractivity (Wildman–Crippen MR) is 127 cm³/mol. The fourth-order valence-corrected chi connectivity index (χ4v) is 3.82. The lowest BCUT2D eigenvalue weighted by Gasteiger charge is -2.29. The average molecular weight is 430 g/mol. The number of carbonyl (C=O) groups excluding carboxylic acids is 2. The molecular weight excluding hydrogens is 406 g/mol. The van der Waals surface area contributed by atoms with Crippen molar-refractivity contribution in [2.24, 2.45) is 0 Å². The number of rotatable bonds is 4. The second-order valence-corrected chi connectivity index (χ2v) is 7.94. The molecule has 1 aliphatic heterocycles. The first-order valence-corrected chi connectivity index (χ1v) is 10.5. The number of amides is 2. The van der Waals surface area contributed by atoms with Crippen LogP contribution in [0.2, 0.25) is 0 Å². The molecule has 3 aromatic rings. The van der Waals surface area contributed by atoms with Gasteiger partial charge < -0.3 is 4.57 Å². The van der Waals surface area contributed by atoms with Gasteiger partial charge in [-0.1, -0.05) is 25.1 Å². The number of hydrogen-bond acceptors (Lipinski definition) is 3. The van der Waals surface area contributed by atoms with Gasteiger partial charge in [0.2, 0.25) is 0 Å². The molecule has 2 heterocycles. The number of aromatic nitrogens is 1. The van der Waals surface area contributed by atoms with Crippen LogP contribution in [0.25, 0.3) is 11.8 Å². The van der Waals surface area contributed by atoms with Crippen molar-refractivity contribution in [1.82, 2.24) is 9.88 Å². The Morgan fingerprint density at radius 3 is 2.35 bits per heavy atom. The first kappa shape index (κ1) is 20.8. The maximum Gasteiger partial charge on any atom is 0.270 e. The number of thiocarbonyl (C=S) groups is 1. The van der Waals surface area contributed by atoms with E-state index in [2.05, 4.69) is 38.2 Å². The Morgan fingerprint density at radius 2 is 1.68 bits per heavy atom. The highest BCUT2D eigenvalue weighted by Crippen LogP contribution is 2.24. The van der Waals surface area contributed by atoms with E-state index in [1.807, 2.05) is 53.2 Å². The fraction of sp³-hybridized carbons (Fsp3) is 0.160. The summed E-state index contributed by atoms with van der Waals surface area (Å²) in [6, 6.07) is 17.5. The summed E-state index contributed by atoms with van der Waals surface area (Å²) in [6.45, 7) is 6.19. The summed E-state index contributed by atoms with van der Waals surface area (Å²) in [4.78, 5) is 27.3. The van der Waals surface area contributed by atoms with Crippen LogP contribution in [0.15, 0.2) is 66.4 Å². The molecule has 156 valence electrons. The maximum absolute atomic E-state index is 13.3. The Morgan fingerprint density at radius 1 is 0.968 bits per heavy atom. The van der Waals surface area contributed by atoms with Gasteiger partial charge in [0, 0.05) is 17.6 Å². The van der Waals surface area contributed by atoms with Crippen LogP contribution in [-0.4, -0.2) is 21.5 Å². The van der Waals surface area contributed by atoms with Crippen LogP contribution in [0.1, 0.15) is 29.3 Å². The Labute approximate surface area is 187 Å². The minimum atomic E-state index is -0.496. The van der Waals surface area contributed by atoms with Crippen LogP contribution in [0, 0.1) is 13.8 Å². The summed E-state index contributed by atoms with van der Waals surface area (Å²) >= 11 is 5.29. The van der Waals surface area contributed by atoms with Crippen LogP contribution < -0.4 is 10.2 Å². The predicted octanol–water partition coefficient (Wildman–Crippen LogP) is 4.49. The smallest absolute Gasteiger partial charge is 0.270 e. The van der Waals surface area contributed by atoms with Crippen LogP contribution in [0.3, 0.4) is 0 Å². The van der Waals surface area contributed by atoms with Gasteiger partial charge in [-0.15, -0.1) is 0 Å². The summed E-state index contributed by atoms with van der Waals surface area (Å²) in [5, 5.41) is 2.73. The first-order valence-electron chi connectivity index (χ1n) is 10.1. The summed E-state index contributed by atoms with van der Waals surface area (Å²) in [7, 11) is 0. The average Bonchev–Trinajstić information content (AvgIpc) is 3.22. The van der Waals surface area contributed by atoms with E-state index in [-0.39, 0.29) is 10.7 Å². The Balaban J connectivity index is 1.73. The number of anilines is 1. The summed E-state index contributed by atoms with van der Waals surface area (Å²) in [5.74, 6) is -0.935. The largest absolute Gasteiger partial charge is 0.317 e. The molecule has 1 N–H and O–H groups in total. The van der Waals surface area contributed by atoms with Crippen molar-refractivity contribution >= 4 is 40.9 Å². The van der Waals surface area contributed by atoms with E-state index in [0.717, 1.165) is 23.4 Å². The molecule has 4 rings (SSSR count). The molecule has 31 heavy (non-hydrogen) atoms. The molecule has 0 unspecified atom stereocenters. The van der Waals surface area contributed by atoms with Crippen molar-refractivity contribution in [1.29, 1.82) is 0 Å². The van der Waals surface area contributed by atoms with Gasteiger partial charge in [-0.25, -0.2) is 0 Å².